The molecule has 0 saturated carbocycles. The topological polar surface area (TPSA) is 71.1 Å². The molecule has 1 aliphatic carbocycles. The van der Waals surface area contributed by atoms with E-state index in [0.717, 1.165) is 5.56 Å². The van der Waals surface area contributed by atoms with Crippen molar-refractivity contribution in [2.24, 2.45) is 0 Å². The molecule has 0 atom stereocenters. The molecule has 2 aromatic carbocycles. The van der Waals surface area contributed by atoms with E-state index in [1.165, 1.54) is 7.11 Å². The van der Waals surface area contributed by atoms with Crippen LogP contribution >= 0.6 is 0 Å². The molecule has 3 rings (SSSR count). The molecule has 0 amide bonds. The van der Waals surface area contributed by atoms with Crippen LogP contribution in [0.15, 0.2) is 24.3 Å². The van der Waals surface area contributed by atoms with Crippen LogP contribution in [-0.2, 0) is 11.0 Å². The predicted octanol–water partition coefficient (Wildman–Crippen LogP) is 6.25. The van der Waals surface area contributed by atoms with Gasteiger partial charge >= 0.3 is 0 Å². The number of rotatable bonds is 8. The molecule has 1 aliphatic rings. The van der Waals surface area contributed by atoms with Crippen molar-refractivity contribution in [2.45, 2.75) is 65.5 Å². The van der Waals surface area contributed by atoms with E-state index in [0.29, 0.717) is 40.5 Å². The molecule has 0 saturated heterocycles. The Morgan fingerprint density at radius 3 is 1.74 bits per heavy atom. The molecule has 0 aliphatic heterocycles. The SMILES string of the molecule is COc1cc(O[Si](C)(C)C)cc2c1C(=O)c1c(O[Si](C)(C)C)cc(CO[Si](C)(C)C)cc1C2=O. The average Bonchev–Trinajstić information content (AvgIpc) is 2.66. The van der Waals surface area contributed by atoms with Crippen LogP contribution < -0.4 is 13.6 Å². The predicted molar refractivity (Wildman–Crippen MR) is 142 cm³/mol. The molecular formula is C25H36O6Si3. The summed E-state index contributed by atoms with van der Waals surface area (Å²) >= 11 is 0. The van der Waals surface area contributed by atoms with E-state index in [1.807, 2.05) is 25.7 Å². The van der Waals surface area contributed by atoms with Crippen molar-refractivity contribution < 1.29 is 27.6 Å². The van der Waals surface area contributed by atoms with Crippen LogP contribution in [-0.4, -0.2) is 43.6 Å². The zero-order valence-corrected chi connectivity index (χ0v) is 25.0. The molecule has 0 spiro atoms. The quantitative estimate of drug-likeness (QED) is 0.330. The Bertz CT molecular complexity index is 1140. The molecule has 0 radical (unpaired) electrons. The molecule has 6 nitrogen and oxygen atoms in total. The third kappa shape index (κ3) is 6.07. The van der Waals surface area contributed by atoms with Crippen LogP contribution in [0.25, 0.3) is 0 Å². The van der Waals surface area contributed by atoms with Crippen LogP contribution in [0.2, 0.25) is 58.9 Å². The monoisotopic (exact) mass is 516 g/mol. The Labute approximate surface area is 206 Å². The normalized spacial score (nSPS) is 13.9. The summed E-state index contributed by atoms with van der Waals surface area (Å²) in [5.41, 5.74) is 2.02. The van der Waals surface area contributed by atoms with Crippen LogP contribution in [0.1, 0.15) is 37.4 Å². The number of fused-ring (bicyclic) bond motifs is 2. The second kappa shape index (κ2) is 9.10. The highest BCUT2D eigenvalue weighted by atomic mass is 28.4. The Morgan fingerprint density at radius 2 is 1.21 bits per heavy atom. The average molecular weight is 517 g/mol. The van der Waals surface area contributed by atoms with Gasteiger partial charge in [-0.15, -0.1) is 0 Å². The van der Waals surface area contributed by atoms with E-state index >= 15 is 0 Å². The van der Waals surface area contributed by atoms with E-state index < -0.39 is 25.0 Å². The van der Waals surface area contributed by atoms with Gasteiger partial charge in [-0.25, -0.2) is 0 Å². The van der Waals surface area contributed by atoms with Gasteiger partial charge in [0.25, 0.3) is 0 Å². The number of hydrogen-bond acceptors (Lipinski definition) is 6. The highest BCUT2D eigenvalue weighted by Gasteiger charge is 2.37. The molecule has 34 heavy (non-hydrogen) atoms. The lowest BCUT2D eigenvalue weighted by atomic mass is 9.82. The van der Waals surface area contributed by atoms with Gasteiger partial charge in [0.2, 0.25) is 22.4 Å². The summed E-state index contributed by atoms with van der Waals surface area (Å²) in [6, 6.07) is 6.99. The minimum atomic E-state index is -2.08. The Balaban J connectivity index is 2.21. The fourth-order valence-electron chi connectivity index (χ4n) is 3.73. The maximum Gasteiger partial charge on any atom is 0.242 e. The van der Waals surface area contributed by atoms with Gasteiger partial charge in [-0.2, -0.15) is 0 Å². The zero-order chi connectivity index (χ0) is 25.6. The summed E-state index contributed by atoms with van der Waals surface area (Å²) in [4.78, 5) is 27.6. The highest BCUT2D eigenvalue weighted by Crippen LogP contribution is 2.41. The van der Waals surface area contributed by atoms with Crippen molar-refractivity contribution in [3.8, 4) is 17.2 Å². The summed E-state index contributed by atoms with van der Waals surface area (Å²) in [5.74, 6) is 0.807. The molecule has 2 aromatic rings. The van der Waals surface area contributed by atoms with Gasteiger partial charge in [0.05, 0.1) is 24.8 Å². The molecule has 184 valence electrons. The summed E-state index contributed by atoms with van der Waals surface area (Å²) in [6.07, 6.45) is 0. The maximum atomic E-state index is 13.8. The molecule has 0 bridgehead atoms. The van der Waals surface area contributed by atoms with Crippen molar-refractivity contribution in [2.75, 3.05) is 7.11 Å². The largest absolute Gasteiger partial charge is 0.544 e. The summed E-state index contributed by atoms with van der Waals surface area (Å²) in [7, 11) is -4.31. The van der Waals surface area contributed by atoms with Crippen LogP contribution in [0.3, 0.4) is 0 Å². The number of benzene rings is 2. The Hall–Kier alpha value is -2.21. The van der Waals surface area contributed by atoms with Gasteiger partial charge in [-0.3, -0.25) is 9.59 Å². The van der Waals surface area contributed by atoms with E-state index in [-0.39, 0.29) is 17.1 Å². The Morgan fingerprint density at radius 1 is 0.647 bits per heavy atom. The van der Waals surface area contributed by atoms with E-state index in [9.17, 15) is 9.59 Å². The minimum absolute atomic E-state index is 0.237. The second-order valence-electron chi connectivity index (χ2n) is 11.6. The number of carbonyl (C=O) groups is 2. The van der Waals surface area contributed by atoms with Crippen molar-refractivity contribution in [3.05, 3.63) is 52.1 Å². The van der Waals surface area contributed by atoms with Crippen LogP contribution in [0.4, 0.5) is 0 Å². The zero-order valence-electron chi connectivity index (χ0n) is 22.0. The van der Waals surface area contributed by atoms with Gasteiger partial charge in [-0.05, 0) is 82.7 Å². The number of hydrogen-bond donors (Lipinski definition) is 0. The van der Waals surface area contributed by atoms with Crippen LogP contribution in [0, 0.1) is 0 Å². The number of ether oxygens (including phenoxy) is 1. The van der Waals surface area contributed by atoms with Gasteiger partial charge in [0.1, 0.15) is 17.2 Å². The molecular weight excluding hydrogens is 481 g/mol. The van der Waals surface area contributed by atoms with Crippen molar-refractivity contribution in [3.63, 3.8) is 0 Å². The maximum absolute atomic E-state index is 13.8. The first-order valence-corrected chi connectivity index (χ1v) is 21.7. The van der Waals surface area contributed by atoms with Gasteiger partial charge < -0.3 is 18.0 Å². The number of carbonyl (C=O) groups excluding carboxylic acids is 2. The third-order valence-corrected chi connectivity index (χ3v) is 7.60. The fourth-order valence-corrected chi connectivity index (χ4v) is 5.97. The molecule has 0 unspecified atom stereocenters. The second-order valence-corrected chi connectivity index (χ2v) is 24.9. The molecule has 0 N–H and O–H groups in total. The standard InChI is InChI=1S/C25H36O6Si3/c1-28-20-14-17(30-33(5,6)7)13-19-22(20)25(27)23-18(24(19)26)11-16(15-29-32(2,3)4)12-21(23)31-34(8,9)10/h11-14H,15H2,1-10H3. The van der Waals surface area contributed by atoms with Gasteiger partial charge in [0, 0.05) is 17.2 Å². The molecule has 0 aromatic heterocycles. The minimum Gasteiger partial charge on any atom is -0.544 e. The van der Waals surface area contributed by atoms with E-state index in [1.54, 1.807) is 18.2 Å². The Kier molecular flexibility index (Phi) is 7.07. The summed E-state index contributed by atoms with van der Waals surface area (Å²) < 4.78 is 24.1. The van der Waals surface area contributed by atoms with E-state index in [2.05, 4.69) is 39.3 Å². The smallest absolute Gasteiger partial charge is 0.242 e. The third-order valence-electron chi connectivity index (χ3n) is 4.91. The molecule has 9 heteroatoms. The summed E-state index contributed by atoms with van der Waals surface area (Å²) in [6.45, 7) is 19.0. The van der Waals surface area contributed by atoms with Crippen LogP contribution in [0.5, 0.6) is 17.2 Å². The highest BCUT2D eigenvalue weighted by molar-refractivity contribution is 6.71. The molecule has 0 fully saturated rings. The van der Waals surface area contributed by atoms with Gasteiger partial charge in [-0.1, -0.05) is 0 Å². The lowest BCUT2D eigenvalue weighted by Crippen LogP contribution is -2.32. The lowest BCUT2D eigenvalue weighted by Gasteiger charge is -2.28. The van der Waals surface area contributed by atoms with Crippen molar-refractivity contribution >= 4 is 36.5 Å². The van der Waals surface area contributed by atoms with E-state index in [4.69, 9.17) is 18.0 Å². The first-order chi connectivity index (χ1) is 15.5. The fraction of sp³-hybridized carbons (Fsp3) is 0.440. The van der Waals surface area contributed by atoms with Crippen molar-refractivity contribution in [1.82, 2.24) is 0 Å². The number of methoxy groups -OCH3 is 1. The molecule has 0 heterocycles. The lowest BCUT2D eigenvalue weighted by molar-refractivity contribution is 0.0974. The first-order valence-electron chi connectivity index (χ1n) is 11.5. The number of ketones is 2. The first kappa shape index (κ1) is 26.4. The van der Waals surface area contributed by atoms with Crippen molar-refractivity contribution in [1.29, 1.82) is 0 Å². The summed E-state index contributed by atoms with van der Waals surface area (Å²) in [5, 5.41) is 0. The van der Waals surface area contributed by atoms with Gasteiger partial charge in [0.15, 0.2) is 14.1 Å².